The first kappa shape index (κ1) is 25.0. The SMILES string of the molecule is Cc1nc2ccc(Br)cc2c(=O)n1N=Cc1cc(Cl)c(OCC(=O)Nc2ccccc2F)c(Br)c1. The van der Waals surface area contributed by atoms with Gasteiger partial charge in [0, 0.05) is 4.47 Å². The fourth-order valence-corrected chi connectivity index (χ4v) is 4.55. The van der Waals surface area contributed by atoms with Crippen LogP contribution in [0.2, 0.25) is 5.02 Å². The molecule has 4 aromatic rings. The van der Waals surface area contributed by atoms with E-state index in [1.54, 1.807) is 37.3 Å². The summed E-state index contributed by atoms with van der Waals surface area (Å²) in [7, 11) is 0. The third-order valence-corrected chi connectivity index (χ3v) is 6.17. The van der Waals surface area contributed by atoms with Crippen LogP contribution in [-0.2, 0) is 4.79 Å². The highest BCUT2D eigenvalue weighted by molar-refractivity contribution is 9.10. The van der Waals surface area contributed by atoms with Gasteiger partial charge in [0.05, 0.1) is 32.3 Å². The van der Waals surface area contributed by atoms with Gasteiger partial charge in [-0.05, 0) is 70.9 Å². The summed E-state index contributed by atoms with van der Waals surface area (Å²) in [4.78, 5) is 29.5. The molecule has 3 aromatic carbocycles. The first-order chi connectivity index (χ1) is 16.7. The molecule has 0 bridgehead atoms. The van der Waals surface area contributed by atoms with Crippen molar-refractivity contribution in [1.29, 1.82) is 0 Å². The molecule has 0 aliphatic heterocycles. The number of ether oxygens (including phenoxy) is 1. The maximum atomic E-state index is 13.7. The number of halogens is 4. The highest BCUT2D eigenvalue weighted by Crippen LogP contribution is 2.34. The minimum Gasteiger partial charge on any atom is -0.481 e. The average Bonchev–Trinajstić information content (AvgIpc) is 2.80. The first-order valence-corrected chi connectivity index (χ1v) is 12.1. The summed E-state index contributed by atoms with van der Waals surface area (Å²) in [5.74, 6) is -0.439. The summed E-state index contributed by atoms with van der Waals surface area (Å²) in [5.41, 5.74) is 0.897. The van der Waals surface area contributed by atoms with Gasteiger partial charge in [-0.15, -0.1) is 0 Å². The van der Waals surface area contributed by atoms with Crippen LogP contribution < -0.4 is 15.6 Å². The molecular weight excluding hydrogens is 607 g/mol. The van der Waals surface area contributed by atoms with E-state index in [4.69, 9.17) is 16.3 Å². The van der Waals surface area contributed by atoms with Crippen LogP contribution in [0.4, 0.5) is 10.1 Å². The zero-order chi connectivity index (χ0) is 25.1. The van der Waals surface area contributed by atoms with Gasteiger partial charge >= 0.3 is 0 Å². The minimum atomic E-state index is -0.549. The van der Waals surface area contributed by atoms with Gasteiger partial charge < -0.3 is 10.1 Å². The molecule has 0 atom stereocenters. The molecule has 0 aliphatic rings. The van der Waals surface area contributed by atoms with Crippen molar-refractivity contribution in [2.24, 2.45) is 5.10 Å². The summed E-state index contributed by atoms with van der Waals surface area (Å²) in [6.45, 7) is 1.30. The molecule has 1 N–H and O–H groups in total. The van der Waals surface area contributed by atoms with E-state index < -0.39 is 11.7 Å². The number of anilines is 1. The quantitative estimate of drug-likeness (QED) is 0.271. The Kier molecular flexibility index (Phi) is 7.63. The molecule has 178 valence electrons. The number of nitrogens with zero attached hydrogens (tertiary/aromatic N) is 3. The van der Waals surface area contributed by atoms with Crippen LogP contribution in [0.25, 0.3) is 10.9 Å². The van der Waals surface area contributed by atoms with Crippen LogP contribution in [0.1, 0.15) is 11.4 Å². The molecule has 1 heterocycles. The predicted molar refractivity (Wildman–Crippen MR) is 141 cm³/mol. The number of fused-ring (bicyclic) bond motifs is 1. The van der Waals surface area contributed by atoms with E-state index in [1.807, 2.05) is 6.07 Å². The van der Waals surface area contributed by atoms with Crippen LogP contribution >= 0.6 is 43.5 Å². The van der Waals surface area contributed by atoms with Crippen LogP contribution in [0.15, 0.2) is 73.4 Å². The Labute approximate surface area is 220 Å². The number of nitrogens with one attached hydrogen (secondary N) is 1. The Hall–Kier alpha value is -3.08. The molecule has 1 aromatic heterocycles. The van der Waals surface area contributed by atoms with Gasteiger partial charge in [0.25, 0.3) is 11.5 Å². The number of hydrogen-bond acceptors (Lipinski definition) is 5. The largest absolute Gasteiger partial charge is 0.481 e. The fourth-order valence-electron chi connectivity index (χ4n) is 3.20. The van der Waals surface area contributed by atoms with E-state index in [2.05, 4.69) is 47.3 Å². The molecule has 4 rings (SSSR count). The molecule has 7 nitrogen and oxygen atoms in total. The Balaban J connectivity index is 1.52. The summed E-state index contributed by atoms with van der Waals surface area (Å²) in [6.07, 6.45) is 1.46. The van der Waals surface area contributed by atoms with Crippen molar-refractivity contribution < 1.29 is 13.9 Å². The summed E-state index contributed by atoms with van der Waals surface area (Å²) in [6, 6.07) is 14.3. The van der Waals surface area contributed by atoms with Crippen LogP contribution in [0, 0.1) is 12.7 Å². The zero-order valence-electron chi connectivity index (χ0n) is 18.1. The lowest BCUT2D eigenvalue weighted by atomic mass is 10.2. The molecular formula is C24H16Br2ClFN4O3. The van der Waals surface area contributed by atoms with E-state index in [9.17, 15) is 14.0 Å². The van der Waals surface area contributed by atoms with Gasteiger partial charge in [-0.1, -0.05) is 39.7 Å². The van der Waals surface area contributed by atoms with Gasteiger partial charge in [-0.2, -0.15) is 9.78 Å². The Bertz CT molecular complexity index is 1520. The predicted octanol–water partition coefficient (Wildman–Crippen LogP) is 5.92. The number of hydrogen-bond donors (Lipinski definition) is 1. The number of aryl methyl sites for hydroxylation is 1. The number of carbonyl (C=O) groups excluding carboxylic acids is 1. The number of aromatic nitrogens is 2. The summed E-state index contributed by atoms with van der Waals surface area (Å²) >= 11 is 13.1. The number of carbonyl (C=O) groups is 1. The van der Waals surface area contributed by atoms with Crippen LogP contribution in [-0.4, -0.2) is 28.4 Å². The molecule has 35 heavy (non-hydrogen) atoms. The Morgan fingerprint density at radius 2 is 2.00 bits per heavy atom. The van der Waals surface area contributed by atoms with Crippen molar-refractivity contribution in [2.75, 3.05) is 11.9 Å². The van der Waals surface area contributed by atoms with E-state index >= 15 is 0 Å². The number of amides is 1. The lowest BCUT2D eigenvalue weighted by molar-refractivity contribution is -0.118. The van der Waals surface area contributed by atoms with Gasteiger partial charge in [-0.25, -0.2) is 9.37 Å². The van der Waals surface area contributed by atoms with E-state index in [0.717, 1.165) is 4.47 Å². The number of rotatable bonds is 6. The molecule has 1 amide bonds. The monoisotopic (exact) mass is 620 g/mol. The topological polar surface area (TPSA) is 85.6 Å². The van der Waals surface area contributed by atoms with E-state index in [1.165, 1.54) is 29.1 Å². The number of benzene rings is 3. The minimum absolute atomic E-state index is 0.0545. The number of para-hydroxylation sites is 1. The Morgan fingerprint density at radius 3 is 2.74 bits per heavy atom. The summed E-state index contributed by atoms with van der Waals surface area (Å²) in [5, 5.41) is 7.36. The zero-order valence-corrected chi connectivity index (χ0v) is 22.0. The summed E-state index contributed by atoms with van der Waals surface area (Å²) < 4.78 is 21.7. The van der Waals surface area contributed by atoms with Crippen molar-refractivity contribution >= 4 is 72.2 Å². The van der Waals surface area contributed by atoms with Gasteiger partial charge in [0.1, 0.15) is 11.6 Å². The molecule has 0 aliphatic carbocycles. The molecule has 0 saturated heterocycles. The van der Waals surface area contributed by atoms with E-state index in [-0.39, 0.29) is 28.6 Å². The molecule has 11 heteroatoms. The lowest BCUT2D eigenvalue weighted by Gasteiger charge is -2.12. The molecule has 0 spiro atoms. The third-order valence-electron chi connectivity index (χ3n) is 4.81. The average molecular weight is 623 g/mol. The van der Waals surface area contributed by atoms with Crippen molar-refractivity contribution in [3.05, 3.63) is 96.1 Å². The van der Waals surface area contributed by atoms with Gasteiger partial charge in [0.15, 0.2) is 12.4 Å². The standard InChI is InChI=1S/C24H16Br2ClFN4O3/c1-13-30-20-7-6-15(25)10-16(20)24(34)32(13)29-11-14-8-17(26)23(18(27)9-14)35-12-22(33)31-21-5-3-2-4-19(21)28/h2-11H,12H2,1H3,(H,31,33). The van der Waals surface area contributed by atoms with E-state index in [0.29, 0.717) is 26.8 Å². The van der Waals surface area contributed by atoms with Gasteiger partial charge in [-0.3, -0.25) is 9.59 Å². The normalized spacial score (nSPS) is 11.2. The van der Waals surface area contributed by atoms with Crippen molar-refractivity contribution in [1.82, 2.24) is 9.66 Å². The Morgan fingerprint density at radius 1 is 1.23 bits per heavy atom. The van der Waals surface area contributed by atoms with Gasteiger partial charge in [0.2, 0.25) is 0 Å². The van der Waals surface area contributed by atoms with Crippen molar-refractivity contribution in [3.8, 4) is 5.75 Å². The van der Waals surface area contributed by atoms with Crippen molar-refractivity contribution in [3.63, 3.8) is 0 Å². The first-order valence-electron chi connectivity index (χ1n) is 10.1. The molecule has 0 saturated carbocycles. The maximum absolute atomic E-state index is 13.7. The second-order valence-electron chi connectivity index (χ2n) is 7.31. The lowest BCUT2D eigenvalue weighted by Crippen LogP contribution is -2.21. The highest BCUT2D eigenvalue weighted by Gasteiger charge is 2.13. The van der Waals surface area contributed by atoms with Crippen molar-refractivity contribution in [2.45, 2.75) is 6.92 Å². The maximum Gasteiger partial charge on any atom is 0.282 e. The molecule has 0 unspecified atom stereocenters. The molecule has 0 fully saturated rings. The second kappa shape index (κ2) is 10.7. The molecule has 0 radical (unpaired) electrons. The smallest absolute Gasteiger partial charge is 0.282 e. The second-order valence-corrected chi connectivity index (χ2v) is 9.49. The fraction of sp³-hybridized carbons (Fsp3) is 0.0833. The van der Waals surface area contributed by atoms with Crippen LogP contribution in [0.3, 0.4) is 0 Å². The van der Waals surface area contributed by atoms with Crippen LogP contribution in [0.5, 0.6) is 5.75 Å². The third kappa shape index (κ3) is 5.77. The highest BCUT2D eigenvalue weighted by atomic mass is 79.9.